The Bertz CT molecular complexity index is 496. The van der Waals surface area contributed by atoms with E-state index < -0.39 is 0 Å². The Hall–Kier alpha value is -1.39. The molecule has 0 aromatic heterocycles. The van der Waals surface area contributed by atoms with Crippen LogP contribution in [0.5, 0.6) is 0 Å². The van der Waals surface area contributed by atoms with Crippen LogP contribution >= 0.6 is 0 Å². The average Bonchev–Trinajstić information content (AvgIpc) is 2.95. The molecule has 3 rings (SSSR count). The largest absolute Gasteiger partial charge is 0.349 e. The molecule has 0 saturated carbocycles. The maximum absolute atomic E-state index is 12.7. The van der Waals surface area contributed by atoms with Crippen LogP contribution in [-0.4, -0.2) is 49.1 Å². The van der Waals surface area contributed by atoms with Crippen molar-refractivity contribution >= 4 is 5.91 Å². The highest BCUT2D eigenvalue weighted by molar-refractivity contribution is 5.82. The number of likely N-dealkylation sites (tertiary alicyclic amines) is 1. The summed E-state index contributed by atoms with van der Waals surface area (Å²) in [6.07, 6.45) is 5.05. The highest BCUT2D eigenvalue weighted by Crippen LogP contribution is 2.25. The first-order chi connectivity index (χ1) is 10.7. The van der Waals surface area contributed by atoms with Crippen molar-refractivity contribution in [2.75, 3.05) is 26.7 Å². The number of nitrogens with one attached hydrogen (secondary N) is 2. The zero-order chi connectivity index (χ0) is 15.4. The number of hydrogen-bond donors (Lipinski definition) is 2. The molecule has 4 nitrogen and oxygen atoms in total. The molecular formula is C18H27N3O. The minimum absolute atomic E-state index is 0.0579. The maximum Gasteiger partial charge on any atom is 0.237 e. The van der Waals surface area contributed by atoms with Crippen LogP contribution < -0.4 is 10.6 Å². The van der Waals surface area contributed by atoms with Gasteiger partial charge in [0.15, 0.2) is 0 Å². The molecule has 2 N–H and O–H groups in total. The van der Waals surface area contributed by atoms with Crippen molar-refractivity contribution < 1.29 is 4.79 Å². The number of likely N-dealkylation sites (N-methyl/N-ethyl adjacent to an activating group) is 1. The summed E-state index contributed by atoms with van der Waals surface area (Å²) in [5.41, 5.74) is 1.22. The molecule has 1 unspecified atom stereocenters. The fraction of sp³-hybridized carbons (Fsp3) is 0.611. The Morgan fingerprint density at radius 3 is 2.68 bits per heavy atom. The normalized spacial score (nSPS) is 25.0. The molecule has 2 aliphatic rings. The molecule has 0 radical (unpaired) electrons. The van der Waals surface area contributed by atoms with E-state index in [1.807, 2.05) is 6.07 Å². The molecule has 1 amide bonds. The quantitative estimate of drug-likeness (QED) is 0.887. The third kappa shape index (κ3) is 3.50. The minimum Gasteiger partial charge on any atom is -0.349 e. The molecule has 2 heterocycles. The first-order valence-corrected chi connectivity index (χ1v) is 8.45. The lowest BCUT2D eigenvalue weighted by molar-refractivity contribution is -0.127. The van der Waals surface area contributed by atoms with Crippen molar-refractivity contribution in [2.24, 2.45) is 0 Å². The SMILES string of the molecule is CN1CCCC1C(=O)NC1(Cc2ccccc2)CCNCC1. The number of nitrogens with zero attached hydrogens (tertiary/aromatic N) is 1. The Kier molecular flexibility index (Phi) is 4.79. The highest BCUT2D eigenvalue weighted by atomic mass is 16.2. The average molecular weight is 301 g/mol. The smallest absolute Gasteiger partial charge is 0.237 e. The molecule has 1 atom stereocenters. The zero-order valence-electron chi connectivity index (χ0n) is 13.5. The third-order valence-electron chi connectivity index (χ3n) is 5.16. The standard InChI is InChI=1S/C18H27N3O/c1-21-13-5-8-16(21)17(22)20-18(9-11-19-12-10-18)14-15-6-3-2-4-7-15/h2-4,6-7,16,19H,5,8-14H2,1H3,(H,20,22). The second kappa shape index (κ2) is 6.80. The van der Waals surface area contributed by atoms with Gasteiger partial charge in [-0.05, 0) is 64.3 Å². The highest BCUT2D eigenvalue weighted by Gasteiger charge is 2.37. The first-order valence-electron chi connectivity index (χ1n) is 8.45. The summed E-state index contributed by atoms with van der Waals surface area (Å²) in [5.74, 6) is 0.220. The summed E-state index contributed by atoms with van der Waals surface area (Å²) < 4.78 is 0. The molecule has 1 aromatic carbocycles. The summed E-state index contributed by atoms with van der Waals surface area (Å²) in [5, 5.41) is 6.85. The second-order valence-corrected chi connectivity index (χ2v) is 6.82. The number of carbonyl (C=O) groups excluding carboxylic acids is 1. The van der Waals surface area contributed by atoms with E-state index >= 15 is 0 Å². The zero-order valence-corrected chi connectivity index (χ0v) is 13.5. The fourth-order valence-corrected chi connectivity index (χ4v) is 3.82. The van der Waals surface area contributed by atoms with Gasteiger partial charge in [0.25, 0.3) is 0 Å². The van der Waals surface area contributed by atoms with E-state index in [2.05, 4.69) is 46.8 Å². The second-order valence-electron chi connectivity index (χ2n) is 6.82. The van der Waals surface area contributed by atoms with Crippen LogP contribution in [0.1, 0.15) is 31.2 Å². The maximum atomic E-state index is 12.7. The van der Waals surface area contributed by atoms with Crippen molar-refractivity contribution in [2.45, 2.75) is 43.7 Å². The van der Waals surface area contributed by atoms with E-state index in [1.54, 1.807) is 0 Å². The Morgan fingerprint density at radius 1 is 1.32 bits per heavy atom. The van der Waals surface area contributed by atoms with E-state index in [0.29, 0.717) is 0 Å². The molecule has 22 heavy (non-hydrogen) atoms. The molecule has 0 bridgehead atoms. The number of rotatable bonds is 4. The predicted octanol–water partition coefficient (Wildman–Crippen LogP) is 1.56. The molecule has 2 saturated heterocycles. The lowest BCUT2D eigenvalue weighted by atomic mass is 9.82. The van der Waals surface area contributed by atoms with Gasteiger partial charge in [0.05, 0.1) is 6.04 Å². The van der Waals surface area contributed by atoms with Gasteiger partial charge in [-0.1, -0.05) is 30.3 Å². The number of carbonyl (C=O) groups is 1. The molecule has 0 aliphatic carbocycles. The Balaban J connectivity index is 1.73. The Labute approximate surface area is 133 Å². The number of piperidine rings is 1. The van der Waals surface area contributed by atoms with E-state index in [1.165, 1.54) is 5.56 Å². The van der Waals surface area contributed by atoms with Gasteiger partial charge in [0.2, 0.25) is 5.91 Å². The summed E-state index contributed by atoms with van der Waals surface area (Å²) in [4.78, 5) is 14.9. The monoisotopic (exact) mass is 301 g/mol. The molecule has 1 aromatic rings. The van der Waals surface area contributed by atoms with Crippen molar-refractivity contribution in [1.29, 1.82) is 0 Å². The minimum atomic E-state index is -0.0902. The van der Waals surface area contributed by atoms with E-state index in [-0.39, 0.29) is 17.5 Å². The lowest BCUT2D eigenvalue weighted by Crippen LogP contribution is -2.58. The molecule has 2 aliphatic heterocycles. The van der Waals surface area contributed by atoms with Crippen LogP contribution in [0.3, 0.4) is 0 Å². The van der Waals surface area contributed by atoms with Crippen LogP contribution in [0.2, 0.25) is 0 Å². The van der Waals surface area contributed by atoms with Gasteiger partial charge in [-0.2, -0.15) is 0 Å². The van der Waals surface area contributed by atoms with Crippen molar-refractivity contribution in [1.82, 2.24) is 15.5 Å². The van der Waals surface area contributed by atoms with Crippen molar-refractivity contribution in [3.63, 3.8) is 0 Å². The van der Waals surface area contributed by atoms with Gasteiger partial charge in [-0.3, -0.25) is 9.69 Å². The summed E-state index contributed by atoms with van der Waals surface area (Å²) >= 11 is 0. The fourth-order valence-electron chi connectivity index (χ4n) is 3.82. The van der Waals surface area contributed by atoms with Crippen LogP contribution in [0.4, 0.5) is 0 Å². The van der Waals surface area contributed by atoms with Gasteiger partial charge in [0, 0.05) is 5.54 Å². The molecule has 2 fully saturated rings. The van der Waals surface area contributed by atoms with E-state index in [9.17, 15) is 4.79 Å². The van der Waals surface area contributed by atoms with Gasteiger partial charge >= 0.3 is 0 Å². The van der Waals surface area contributed by atoms with Crippen LogP contribution in [-0.2, 0) is 11.2 Å². The predicted molar refractivity (Wildman–Crippen MR) is 88.8 cm³/mol. The lowest BCUT2D eigenvalue weighted by Gasteiger charge is -2.40. The summed E-state index contributed by atoms with van der Waals surface area (Å²) in [6.45, 7) is 2.99. The van der Waals surface area contributed by atoms with Crippen molar-refractivity contribution in [3.8, 4) is 0 Å². The Morgan fingerprint density at radius 2 is 2.05 bits per heavy atom. The van der Waals surface area contributed by atoms with Gasteiger partial charge in [-0.25, -0.2) is 0 Å². The van der Waals surface area contributed by atoms with Gasteiger partial charge in [0.1, 0.15) is 0 Å². The van der Waals surface area contributed by atoms with E-state index in [4.69, 9.17) is 0 Å². The van der Waals surface area contributed by atoms with Crippen molar-refractivity contribution in [3.05, 3.63) is 35.9 Å². The number of hydrogen-bond acceptors (Lipinski definition) is 3. The van der Waals surface area contributed by atoms with Crippen LogP contribution in [0.15, 0.2) is 30.3 Å². The third-order valence-corrected chi connectivity index (χ3v) is 5.16. The molecular weight excluding hydrogens is 274 g/mol. The van der Waals surface area contributed by atoms with Crippen LogP contribution in [0, 0.1) is 0 Å². The van der Waals surface area contributed by atoms with E-state index in [0.717, 1.165) is 51.7 Å². The molecule has 0 spiro atoms. The summed E-state index contributed by atoms with van der Waals surface area (Å²) in [6, 6.07) is 10.6. The van der Waals surface area contributed by atoms with Gasteiger partial charge < -0.3 is 10.6 Å². The summed E-state index contributed by atoms with van der Waals surface area (Å²) in [7, 11) is 2.06. The molecule has 120 valence electrons. The molecule has 4 heteroatoms. The number of benzene rings is 1. The van der Waals surface area contributed by atoms with Crippen LogP contribution in [0.25, 0.3) is 0 Å². The first kappa shape index (κ1) is 15.5. The van der Waals surface area contributed by atoms with Gasteiger partial charge in [-0.15, -0.1) is 0 Å². The topological polar surface area (TPSA) is 44.4 Å². The number of amides is 1.